The van der Waals surface area contributed by atoms with Crippen LogP contribution in [0.15, 0.2) is 22.9 Å². The first-order chi connectivity index (χ1) is 9.80. The fourth-order valence-corrected chi connectivity index (χ4v) is 2.55. The number of nitriles is 2. The SMILES string of the molecule is C=CC[N+]1(CC(C)(C#N)N=NC(C)(C)C#N)CCNCC1. The molecule has 0 radical (unpaired) electrons. The van der Waals surface area contributed by atoms with Crippen LogP contribution in [0, 0.1) is 22.7 Å². The minimum atomic E-state index is -0.922. The number of rotatable bonds is 6. The molecule has 0 saturated carbocycles. The Bertz CT molecular complexity index is 475. The maximum absolute atomic E-state index is 9.53. The van der Waals surface area contributed by atoms with Crippen LogP contribution in [0.2, 0.25) is 0 Å². The molecule has 6 heteroatoms. The van der Waals surface area contributed by atoms with Crippen LogP contribution in [0.5, 0.6) is 0 Å². The number of nitrogens with zero attached hydrogens (tertiary/aromatic N) is 5. The summed E-state index contributed by atoms with van der Waals surface area (Å²) in [5.41, 5.74) is -1.82. The second-order valence-electron chi connectivity index (χ2n) is 6.42. The molecule has 0 aliphatic carbocycles. The third-order valence-electron chi connectivity index (χ3n) is 3.72. The highest BCUT2D eigenvalue weighted by atomic mass is 15.4. The van der Waals surface area contributed by atoms with Crippen LogP contribution in [0.25, 0.3) is 0 Å². The van der Waals surface area contributed by atoms with Crippen LogP contribution >= 0.6 is 0 Å². The zero-order valence-corrected chi connectivity index (χ0v) is 13.3. The van der Waals surface area contributed by atoms with Gasteiger partial charge in [-0.05, 0) is 26.8 Å². The second kappa shape index (κ2) is 6.80. The van der Waals surface area contributed by atoms with Gasteiger partial charge < -0.3 is 9.80 Å². The molecule has 1 saturated heterocycles. The number of piperazine rings is 1. The van der Waals surface area contributed by atoms with Gasteiger partial charge in [0.25, 0.3) is 0 Å². The fourth-order valence-electron chi connectivity index (χ4n) is 2.55. The average molecular weight is 289 g/mol. The summed E-state index contributed by atoms with van der Waals surface area (Å²) >= 11 is 0. The van der Waals surface area contributed by atoms with E-state index in [0.29, 0.717) is 6.54 Å². The van der Waals surface area contributed by atoms with Gasteiger partial charge in [0, 0.05) is 13.1 Å². The van der Waals surface area contributed by atoms with Crippen molar-refractivity contribution in [2.45, 2.75) is 31.8 Å². The molecule has 1 fully saturated rings. The lowest BCUT2D eigenvalue weighted by molar-refractivity contribution is -0.926. The maximum atomic E-state index is 9.53. The van der Waals surface area contributed by atoms with Crippen LogP contribution in [-0.4, -0.2) is 54.8 Å². The van der Waals surface area contributed by atoms with Crippen molar-refractivity contribution in [3.8, 4) is 12.1 Å². The lowest BCUT2D eigenvalue weighted by Crippen LogP contribution is -2.62. The van der Waals surface area contributed by atoms with Gasteiger partial charge in [0.05, 0.1) is 25.7 Å². The van der Waals surface area contributed by atoms with Crippen molar-refractivity contribution in [1.29, 1.82) is 10.5 Å². The van der Waals surface area contributed by atoms with Crippen molar-refractivity contribution in [3.05, 3.63) is 12.7 Å². The second-order valence-corrected chi connectivity index (χ2v) is 6.42. The molecule has 0 bridgehead atoms. The van der Waals surface area contributed by atoms with E-state index < -0.39 is 11.1 Å². The van der Waals surface area contributed by atoms with Crippen LogP contribution in [0.4, 0.5) is 0 Å². The van der Waals surface area contributed by atoms with Crippen molar-refractivity contribution in [2.75, 3.05) is 39.3 Å². The summed E-state index contributed by atoms with van der Waals surface area (Å²) in [5, 5.41) is 30.1. The van der Waals surface area contributed by atoms with E-state index in [1.165, 1.54) is 0 Å². The van der Waals surface area contributed by atoms with Crippen molar-refractivity contribution in [2.24, 2.45) is 10.2 Å². The van der Waals surface area contributed by atoms with Gasteiger partial charge >= 0.3 is 0 Å². The molecular formula is C15H25N6+. The molecule has 0 aromatic carbocycles. The third kappa shape index (κ3) is 4.93. The molecule has 114 valence electrons. The molecule has 1 aliphatic heterocycles. The fraction of sp³-hybridized carbons (Fsp3) is 0.733. The van der Waals surface area contributed by atoms with Crippen LogP contribution in [0.1, 0.15) is 20.8 Å². The van der Waals surface area contributed by atoms with Crippen LogP contribution < -0.4 is 5.32 Å². The Kier molecular flexibility index (Phi) is 5.60. The van der Waals surface area contributed by atoms with E-state index in [1.807, 2.05) is 6.08 Å². The zero-order chi connectivity index (χ0) is 16.0. The van der Waals surface area contributed by atoms with Crippen LogP contribution in [-0.2, 0) is 0 Å². The molecule has 0 aromatic heterocycles. The molecule has 1 unspecified atom stereocenters. The van der Waals surface area contributed by atoms with E-state index in [2.05, 4.69) is 34.3 Å². The van der Waals surface area contributed by atoms with Gasteiger partial charge in [-0.2, -0.15) is 20.8 Å². The molecule has 0 amide bonds. The van der Waals surface area contributed by atoms with Crippen molar-refractivity contribution in [1.82, 2.24) is 5.32 Å². The number of nitrogens with one attached hydrogen (secondary N) is 1. The normalized spacial score (nSPS) is 21.2. The van der Waals surface area contributed by atoms with Gasteiger partial charge in [0.1, 0.15) is 12.6 Å². The number of hydrogen-bond donors (Lipinski definition) is 1. The van der Waals surface area contributed by atoms with E-state index in [4.69, 9.17) is 5.26 Å². The predicted octanol–water partition coefficient (Wildman–Crippen LogP) is 1.63. The van der Waals surface area contributed by atoms with Gasteiger partial charge in [0.2, 0.25) is 5.54 Å². The first-order valence-corrected chi connectivity index (χ1v) is 7.24. The van der Waals surface area contributed by atoms with Gasteiger partial charge in [-0.3, -0.25) is 0 Å². The maximum Gasteiger partial charge on any atom is 0.212 e. The summed E-state index contributed by atoms with van der Waals surface area (Å²) in [6.45, 7) is 14.1. The number of azo groups is 1. The zero-order valence-electron chi connectivity index (χ0n) is 13.3. The minimum absolute atomic E-state index is 0.586. The summed E-state index contributed by atoms with van der Waals surface area (Å²) in [7, 11) is 0. The highest BCUT2D eigenvalue weighted by molar-refractivity contribution is 5.06. The Morgan fingerprint density at radius 3 is 2.29 bits per heavy atom. The quantitative estimate of drug-likeness (QED) is 0.458. The Labute approximate surface area is 127 Å². The Morgan fingerprint density at radius 2 is 1.81 bits per heavy atom. The number of hydrogen-bond acceptors (Lipinski definition) is 5. The van der Waals surface area contributed by atoms with Gasteiger partial charge in [-0.15, -0.1) is 0 Å². The summed E-state index contributed by atoms with van der Waals surface area (Å²) < 4.78 is 0.784. The Morgan fingerprint density at radius 1 is 1.19 bits per heavy atom. The largest absolute Gasteiger partial charge is 0.315 e. The topological polar surface area (TPSA) is 84.3 Å². The third-order valence-corrected chi connectivity index (χ3v) is 3.72. The first kappa shape index (κ1) is 17.3. The Balaban J connectivity index is 2.95. The van der Waals surface area contributed by atoms with E-state index in [1.54, 1.807) is 20.8 Å². The van der Waals surface area contributed by atoms with E-state index in [9.17, 15) is 5.26 Å². The van der Waals surface area contributed by atoms with Crippen molar-refractivity contribution >= 4 is 0 Å². The molecule has 1 aliphatic rings. The molecule has 21 heavy (non-hydrogen) atoms. The Hall–Kier alpha value is -1.76. The molecule has 1 atom stereocenters. The molecule has 1 heterocycles. The molecule has 1 rings (SSSR count). The smallest absolute Gasteiger partial charge is 0.212 e. The standard InChI is InChI=1S/C15H25N6/c1-5-8-21(9-6-18-7-10-21)13-15(4,12-17)20-19-14(2,3)11-16/h5,18H,1,6-10,13H2,2-4H3/q+1. The van der Waals surface area contributed by atoms with Gasteiger partial charge in [-0.1, -0.05) is 6.58 Å². The molecule has 0 spiro atoms. The highest BCUT2D eigenvalue weighted by Crippen LogP contribution is 2.21. The lowest BCUT2D eigenvalue weighted by Gasteiger charge is -2.43. The van der Waals surface area contributed by atoms with Crippen molar-refractivity contribution in [3.63, 3.8) is 0 Å². The average Bonchev–Trinajstić information content (AvgIpc) is 2.46. The predicted molar refractivity (Wildman–Crippen MR) is 81.4 cm³/mol. The monoisotopic (exact) mass is 289 g/mol. The van der Waals surface area contributed by atoms with Crippen LogP contribution in [0.3, 0.4) is 0 Å². The molecule has 0 aromatic rings. The van der Waals surface area contributed by atoms with E-state index in [-0.39, 0.29) is 0 Å². The van der Waals surface area contributed by atoms with E-state index >= 15 is 0 Å². The minimum Gasteiger partial charge on any atom is -0.315 e. The lowest BCUT2D eigenvalue weighted by atomic mass is 10.0. The first-order valence-electron chi connectivity index (χ1n) is 7.24. The molecule has 1 N–H and O–H groups in total. The van der Waals surface area contributed by atoms with Crippen molar-refractivity contribution < 1.29 is 4.48 Å². The summed E-state index contributed by atoms with van der Waals surface area (Å²) in [6.07, 6.45) is 1.90. The van der Waals surface area contributed by atoms with E-state index in [0.717, 1.165) is 37.2 Å². The summed E-state index contributed by atoms with van der Waals surface area (Å²) in [4.78, 5) is 0. The summed E-state index contributed by atoms with van der Waals surface area (Å²) in [6, 6.07) is 4.34. The van der Waals surface area contributed by atoms with Gasteiger partial charge in [-0.25, -0.2) is 0 Å². The molecular weight excluding hydrogens is 264 g/mol. The molecule has 6 nitrogen and oxygen atoms in total. The summed E-state index contributed by atoms with van der Waals surface area (Å²) in [5.74, 6) is 0. The number of quaternary nitrogens is 1. The van der Waals surface area contributed by atoms with Gasteiger partial charge in [0.15, 0.2) is 5.54 Å². The highest BCUT2D eigenvalue weighted by Gasteiger charge is 2.39.